The number of methoxy groups -OCH3 is 1. The van der Waals surface area contributed by atoms with E-state index in [2.05, 4.69) is 5.16 Å². The van der Waals surface area contributed by atoms with E-state index < -0.39 is 5.97 Å². The smallest absolute Gasteiger partial charge is 0.360 e. The van der Waals surface area contributed by atoms with Gasteiger partial charge in [-0.2, -0.15) is 0 Å². The van der Waals surface area contributed by atoms with Gasteiger partial charge in [0.2, 0.25) is 0 Å². The fourth-order valence-corrected chi connectivity index (χ4v) is 2.50. The van der Waals surface area contributed by atoms with Crippen LogP contribution in [0.3, 0.4) is 0 Å². The highest BCUT2D eigenvalue weighted by atomic mass is 35.5. The highest BCUT2D eigenvalue weighted by Crippen LogP contribution is 2.39. The number of rotatable bonds is 2. The molecule has 3 rings (SSSR count). The fourth-order valence-electron chi connectivity index (χ4n) is 2.38. The van der Waals surface area contributed by atoms with Crippen molar-refractivity contribution in [1.29, 1.82) is 0 Å². The fraction of sp³-hybridized carbons (Fsp3) is 0.125. The third-order valence-corrected chi connectivity index (χ3v) is 3.62. The van der Waals surface area contributed by atoms with E-state index in [1.807, 2.05) is 43.3 Å². The second-order valence-corrected chi connectivity index (χ2v) is 5.06. The zero-order chi connectivity index (χ0) is 15.0. The molecule has 0 N–H and O–H groups in total. The molecular formula is C16H12ClNO3. The van der Waals surface area contributed by atoms with Gasteiger partial charge in [-0.15, -0.1) is 0 Å². The molecule has 0 aromatic heterocycles. The Hall–Kier alpha value is -2.33. The Labute approximate surface area is 126 Å². The summed E-state index contributed by atoms with van der Waals surface area (Å²) in [4.78, 5) is 11.8. The first-order valence-electron chi connectivity index (χ1n) is 6.35. The van der Waals surface area contributed by atoms with Crippen LogP contribution in [0.4, 0.5) is 0 Å². The van der Waals surface area contributed by atoms with Crippen LogP contribution in [0, 0.1) is 6.92 Å². The van der Waals surface area contributed by atoms with Crippen molar-refractivity contribution >= 4 is 17.6 Å². The molecule has 2 aliphatic rings. The van der Waals surface area contributed by atoms with Crippen molar-refractivity contribution in [3.8, 4) is 22.3 Å². The molecule has 0 fully saturated rings. The molecule has 0 radical (unpaired) electrons. The van der Waals surface area contributed by atoms with Crippen molar-refractivity contribution in [1.82, 2.24) is 5.16 Å². The van der Waals surface area contributed by atoms with Gasteiger partial charge in [0.25, 0.3) is 0 Å². The summed E-state index contributed by atoms with van der Waals surface area (Å²) in [7, 11) is 1.32. The first kappa shape index (κ1) is 13.6. The molecule has 106 valence electrons. The third-order valence-electron chi connectivity index (χ3n) is 3.37. The molecule has 0 saturated heterocycles. The molecule has 0 saturated carbocycles. The normalized spacial score (nSPS) is 10.8. The van der Waals surface area contributed by atoms with Crippen LogP contribution >= 0.6 is 11.6 Å². The number of hydrogen-bond acceptors (Lipinski definition) is 4. The minimum absolute atomic E-state index is 0.179. The first-order chi connectivity index (χ1) is 10.1. The summed E-state index contributed by atoms with van der Waals surface area (Å²) in [6.45, 7) is 1.82. The van der Waals surface area contributed by atoms with Crippen molar-refractivity contribution in [3.63, 3.8) is 0 Å². The van der Waals surface area contributed by atoms with E-state index in [1.54, 1.807) is 0 Å². The second-order valence-electron chi connectivity index (χ2n) is 4.62. The van der Waals surface area contributed by atoms with E-state index in [1.165, 1.54) is 7.11 Å². The number of aromatic nitrogens is 1. The van der Waals surface area contributed by atoms with Crippen LogP contribution in [0.1, 0.15) is 16.2 Å². The van der Waals surface area contributed by atoms with Gasteiger partial charge in [0.1, 0.15) is 5.76 Å². The summed E-state index contributed by atoms with van der Waals surface area (Å²) in [6, 6.07) is 11.3. The van der Waals surface area contributed by atoms with Crippen LogP contribution < -0.4 is 0 Å². The average molecular weight is 302 g/mol. The molecule has 0 spiro atoms. The molecule has 4 nitrogen and oxygen atoms in total. The molecule has 1 aromatic rings. The number of halogens is 1. The van der Waals surface area contributed by atoms with Crippen molar-refractivity contribution in [2.45, 2.75) is 6.92 Å². The number of benzene rings is 1. The predicted octanol–water partition coefficient (Wildman–Crippen LogP) is 4.19. The molecular weight excluding hydrogens is 290 g/mol. The van der Waals surface area contributed by atoms with Crippen molar-refractivity contribution in [2.75, 3.05) is 7.11 Å². The lowest BCUT2D eigenvalue weighted by molar-refractivity contribution is 0.0585. The standard InChI is InChI=1S/C16H12ClNO3/c1-9-14-12(10-3-5-11(17)6-4-10)7-8-13(14)15(18-21-9)16(19)20-2/h3-8H,1-2H3. The van der Waals surface area contributed by atoms with Gasteiger partial charge in [0.15, 0.2) is 5.69 Å². The summed E-state index contributed by atoms with van der Waals surface area (Å²) >= 11 is 5.92. The number of nitrogens with zero attached hydrogens (tertiary/aromatic N) is 1. The summed E-state index contributed by atoms with van der Waals surface area (Å²) in [5.41, 5.74) is 3.71. The lowest BCUT2D eigenvalue weighted by atomic mass is 9.99. The van der Waals surface area contributed by atoms with Gasteiger partial charge in [-0.05, 0) is 30.2 Å². The lowest BCUT2D eigenvalue weighted by Crippen LogP contribution is -2.07. The van der Waals surface area contributed by atoms with Crippen molar-refractivity contribution in [2.24, 2.45) is 0 Å². The van der Waals surface area contributed by atoms with Crippen LogP contribution in [-0.4, -0.2) is 18.2 Å². The topological polar surface area (TPSA) is 52.3 Å². The number of fused-ring (bicyclic) bond motifs is 1. The average Bonchev–Trinajstić information content (AvgIpc) is 2.93. The zero-order valence-electron chi connectivity index (χ0n) is 11.5. The number of hydrogen-bond donors (Lipinski definition) is 0. The largest absolute Gasteiger partial charge is 0.464 e. The maximum absolute atomic E-state index is 11.8. The SMILES string of the molecule is COC(=O)c1noc(C)c2c(-c3ccc(Cl)cc3)ccc1-2. The molecule has 21 heavy (non-hydrogen) atoms. The number of carbonyl (C=O) groups excluding carboxylic acids is 1. The Balaban J connectivity index is 2.19. The molecule has 1 aliphatic heterocycles. The Kier molecular flexibility index (Phi) is 3.39. The molecule has 1 aromatic carbocycles. The summed E-state index contributed by atoms with van der Waals surface area (Å²) in [6.07, 6.45) is 0. The molecule has 0 bridgehead atoms. The maximum Gasteiger partial charge on any atom is 0.360 e. The van der Waals surface area contributed by atoms with Gasteiger partial charge in [-0.1, -0.05) is 41.0 Å². The number of carbonyl (C=O) groups is 1. The third kappa shape index (κ3) is 2.28. The lowest BCUT2D eigenvalue weighted by Gasteiger charge is -2.09. The van der Waals surface area contributed by atoms with Crippen molar-refractivity contribution < 1.29 is 14.1 Å². The van der Waals surface area contributed by atoms with Gasteiger partial charge in [-0.25, -0.2) is 4.79 Å². The number of esters is 1. The van der Waals surface area contributed by atoms with E-state index in [0.717, 1.165) is 22.3 Å². The molecule has 5 heteroatoms. The molecule has 1 aliphatic carbocycles. The maximum atomic E-state index is 11.8. The van der Waals surface area contributed by atoms with E-state index in [0.29, 0.717) is 10.8 Å². The monoisotopic (exact) mass is 301 g/mol. The van der Waals surface area contributed by atoms with E-state index in [-0.39, 0.29) is 5.69 Å². The van der Waals surface area contributed by atoms with Gasteiger partial charge in [-0.3, -0.25) is 0 Å². The van der Waals surface area contributed by atoms with E-state index in [9.17, 15) is 4.79 Å². The molecule has 0 unspecified atom stereocenters. The zero-order valence-corrected chi connectivity index (χ0v) is 12.3. The second kappa shape index (κ2) is 5.22. The Morgan fingerprint density at radius 3 is 2.48 bits per heavy atom. The van der Waals surface area contributed by atoms with E-state index >= 15 is 0 Å². The number of ether oxygens (including phenoxy) is 1. The minimum Gasteiger partial charge on any atom is -0.464 e. The molecule has 0 atom stereocenters. The first-order valence-corrected chi connectivity index (χ1v) is 6.73. The highest BCUT2D eigenvalue weighted by molar-refractivity contribution is 6.30. The van der Waals surface area contributed by atoms with Crippen LogP contribution in [-0.2, 0) is 4.74 Å². The van der Waals surface area contributed by atoms with Gasteiger partial charge in [0.05, 0.1) is 7.11 Å². The quantitative estimate of drug-likeness (QED) is 0.666. The van der Waals surface area contributed by atoms with Gasteiger partial charge in [0, 0.05) is 16.1 Å². The summed E-state index contributed by atoms with van der Waals surface area (Å²) in [5, 5.41) is 4.50. The Morgan fingerprint density at radius 2 is 1.81 bits per heavy atom. The minimum atomic E-state index is -0.517. The Bertz CT molecular complexity index is 777. The van der Waals surface area contributed by atoms with Crippen LogP contribution in [0.15, 0.2) is 40.9 Å². The number of aryl methyl sites for hydroxylation is 1. The molecule has 1 heterocycles. The highest BCUT2D eigenvalue weighted by Gasteiger charge is 2.24. The summed E-state index contributed by atoms with van der Waals surface area (Å²) in [5.74, 6) is 0.129. The van der Waals surface area contributed by atoms with Gasteiger partial charge >= 0.3 is 5.97 Å². The predicted molar refractivity (Wildman–Crippen MR) is 79.6 cm³/mol. The Morgan fingerprint density at radius 1 is 1.14 bits per heavy atom. The van der Waals surface area contributed by atoms with Crippen molar-refractivity contribution in [3.05, 3.63) is 52.9 Å². The van der Waals surface area contributed by atoms with Crippen LogP contribution in [0.2, 0.25) is 5.02 Å². The summed E-state index contributed by atoms with van der Waals surface area (Å²) < 4.78 is 10.00. The van der Waals surface area contributed by atoms with Crippen LogP contribution in [0.5, 0.6) is 0 Å². The van der Waals surface area contributed by atoms with E-state index in [4.69, 9.17) is 20.9 Å². The molecule has 0 amide bonds. The van der Waals surface area contributed by atoms with Crippen LogP contribution in [0.25, 0.3) is 22.3 Å². The van der Waals surface area contributed by atoms with Gasteiger partial charge < -0.3 is 9.26 Å².